The highest BCUT2D eigenvalue weighted by Gasteiger charge is 2.53. The van der Waals surface area contributed by atoms with Gasteiger partial charge < -0.3 is 15.7 Å². The van der Waals surface area contributed by atoms with Crippen LogP contribution in [-0.4, -0.2) is 60.1 Å². The Hall–Kier alpha value is -4.32. The first kappa shape index (κ1) is 24.4. The van der Waals surface area contributed by atoms with Crippen molar-refractivity contribution < 1.29 is 24.3 Å². The summed E-state index contributed by atoms with van der Waals surface area (Å²) in [6.07, 6.45) is -0.136. The number of para-hydroxylation sites is 3. The molecule has 2 aromatic carbocycles. The third kappa shape index (κ3) is 4.08. The molecule has 1 unspecified atom stereocenters. The Morgan fingerprint density at radius 1 is 1.05 bits per heavy atom. The molecule has 1 fully saturated rings. The number of carboxylic acid groups (broad SMARTS) is 1. The summed E-state index contributed by atoms with van der Waals surface area (Å²) in [6, 6.07) is 12.1. The summed E-state index contributed by atoms with van der Waals surface area (Å²) < 4.78 is 2.41. The topological polar surface area (TPSA) is 143 Å². The van der Waals surface area contributed by atoms with Crippen LogP contribution in [0.2, 0.25) is 0 Å². The van der Waals surface area contributed by atoms with Crippen LogP contribution in [0.15, 0.2) is 64.6 Å². The van der Waals surface area contributed by atoms with E-state index in [1.165, 1.54) is 21.2 Å². The van der Waals surface area contributed by atoms with Crippen molar-refractivity contribution in [1.82, 2.24) is 19.4 Å². The standard InChI is InChI=1S/C25H23N5O6S/c1-13-12-37-22-19(21(32)30(22)20(13)23(33)34)27-18(31)11-14-7-3-4-8-15(14)26-24(35)29-17-10-6-5-9-16(17)28(2)25(29)36/h3-10,19,22H,11-12H2,1-2H3,(H,26,35)(H,27,31)(H,33,34)/t19?,22-/m1/s1. The van der Waals surface area contributed by atoms with Crippen LogP contribution in [0.1, 0.15) is 12.5 Å². The SMILES string of the molecule is CC1=C(C(=O)O)N2C(=O)C(NC(=O)Cc3ccccc3NC(=O)n3c(=O)n(C)c4ccccc43)[C@H]2SC1. The van der Waals surface area contributed by atoms with Gasteiger partial charge in [-0.2, -0.15) is 0 Å². The minimum absolute atomic E-state index is 0.0315. The second-order valence-electron chi connectivity index (χ2n) is 8.82. The fraction of sp³-hybridized carbons (Fsp3) is 0.240. The predicted molar refractivity (Wildman–Crippen MR) is 137 cm³/mol. The van der Waals surface area contributed by atoms with E-state index in [-0.39, 0.29) is 12.1 Å². The first-order chi connectivity index (χ1) is 17.7. The quantitative estimate of drug-likeness (QED) is 0.434. The normalized spacial score (nSPS) is 18.9. The number of carboxylic acids is 1. The minimum Gasteiger partial charge on any atom is -0.477 e. The van der Waals surface area contributed by atoms with Crippen LogP contribution in [0.25, 0.3) is 11.0 Å². The number of nitrogens with one attached hydrogen (secondary N) is 2. The number of rotatable bonds is 5. The first-order valence-corrected chi connectivity index (χ1v) is 12.5. The van der Waals surface area contributed by atoms with Gasteiger partial charge in [-0.25, -0.2) is 19.0 Å². The minimum atomic E-state index is -1.17. The number of aryl methyl sites for hydroxylation is 1. The molecule has 5 rings (SSSR count). The van der Waals surface area contributed by atoms with E-state index >= 15 is 0 Å². The Morgan fingerprint density at radius 3 is 2.46 bits per heavy atom. The summed E-state index contributed by atoms with van der Waals surface area (Å²) in [4.78, 5) is 64.1. The van der Waals surface area contributed by atoms with Gasteiger partial charge in [-0.15, -0.1) is 11.8 Å². The monoisotopic (exact) mass is 521 g/mol. The van der Waals surface area contributed by atoms with E-state index in [0.29, 0.717) is 33.6 Å². The summed E-state index contributed by atoms with van der Waals surface area (Å²) in [6.45, 7) is 1.67. The molecule has 0 radical (unpaired) electrons. The van der Waals surface area contributed by atoms with Gasteiger partial charge in [0.05, 0.1) is 17.5 Å². The Balaban J connectivity index is 1.31. The molecular weight excluding hydrogens is 498 g/mol. The molecule has 0 spiro atoms. The maximum Gasteiger partial charge on any atom is 0.352 e. The maximum absolute atomic E-state index is 13.1. The summed E-state index contributed by atoms with van der Waals surface area (Å²) in [7, 11) is 1.58. The molecule has 3 N–H and O–H groups in total. The fourth-order valence-electron chi connectivity index (χ4n) is 4.63. The number of amides is 3. The Kier molecular flexibility index (Phi) is 6.12. The van der Waals surface area contributed by atoms with Gasteiger partial charge in [-0.3, -0.25) is 19.1 Å². The lowest BCUT2D eigenvalue weighted by atomic mass is 10.0. The molecule has 1 saturated heterocycles. The molecule has 3 amide bonds. The Morgan fingerprint density at radius 2 is 1.73 bits per heavy atom. The van der Waals surface area contributed by atoms with E-state index in [4.69, 9.17) is 0 Å². The highest BCUT2D eigenvalue weighted by Crippen LogP contribution is 2.40. The van der Waals surface area contributed by atoms with Gasteiger partial charge in [0.15, 0.2) is 0 Å². The molecule has 11 nitrogen and oxygen atoms in total. The zero-order valence-electron chi connectivity index (χ0n) is 19.9. The fourth-order valence-corrected chi connectivity index (χ4v) is 5.92. The van der Waals surface area contributed by atoms with Crippen molar-refractivity contribution in [1.29, 1.82) is 0 Å². The Labute approximate surface area is 214 Å². The third-order valence-electron chi connectivity index (χ3n) is 6.45. The van der Waals surface area contributed by atoms with Gasteiger partial charge in [0.2, 0.25) is 5.91 Å². The third-order valence-corrected chi connectivity index (χ3v) is 7.88. The second-order valence-corrected chi connectivity index (χ2v) is 9.92. The number of hydrogen-bond donors (Lipinski definition) is 3. The predicted octanol–water partition coefficient (Wildman–Crippen LogP) is 1.72. The van der Waals surface area contributed by atoms with Crippen LogP contribution in [0.3, 0.4) is 0 Å². The number of fused-ring (bicyclic) bond motifs is 2. The number of carbonyl (C=O) groups excluding carboxylic acids is 3. The first-order valence-electron chi connectivity index (χ1n) is 11.4. The van der Waals surface area contributed by atoms with Crippen molar-refractivity contribution >= 4 is 52.3 Å². The highest BCUT2D eigenvalue weighted by atomic mass is 32.2. The molecular formula is C25H23N5O6S. The molecule has 0 aliphatic carbocycles. The molecule has 2 aliphatic rings. The number of hydrogen-bond acceptors (Lipinski definition) is 6. The number of aliphatic carboxylic acids is 1. The van der Waals surface area contributed by atoms with Crippen molar-refractivity contribution in [2.75, 3.05) is 11.1 Å². The van der Waals surface area contributed by atoms with Gasteiger partial charge >= 0.3 is 17.7 Å². The van der Waals surface area contributed by atoms with Gasteiger partial charge in [-0.05, 0) is 36.3 Å². The zero-order chi connectivity index (χ0) is 26.4. The second kappa shape index (κ2) is 9.28. The molecule has 0 bridgehead atoms. The smallest absolute Gasteiger partial charge is 0.352 e. The van der Waals surface area contributed by atoms with Crippen LogP contribution < -0.4 is 16.3 Å². The lowest BCUT2D eigenvalue weighted by molar-refractivity contribution is -0.150. The van der Waals surface area contributed by atoms with Crippen LogP contribution in [0.4, 0.5) is 10.5 Å². The van der Waals surface area contributed by atoms with Crippen LogP contribution in [-0.2, 0) is 27.9 Å². The summed E-state index contributed by atoms with van der Waals surface area (Å²) in [5.74, 6) is -1.65. The molecule has 190 valence electrons. The molecule has 3 aromatic rings. The van der Waals surface area contributed by atoms with Gasteiger partial charge in [0.1, 0.15) is 17.1 Å². The average molecular weight is 522 g/mol. The average Bonchev–Trinajstić information content (AvgIpc) is 3.13. The number of nitrogens with zero attached hydrogens (tertiary/aromatic N) is 3. The molecule has 3 heterocycles. The van der Waals surface area contributed by atoms with Crippen LogP contribution in [0, 0.1) is 0 Å². The summed E-state index contributed by atoms with van der Waals surface area (Å²) in [5, 5.41) is 14.4. The summed E-state index contributed by atoms with van der Waals surface area (Å²) in [5.41, 5.74) is 1.96. The number of aromatic nitrogens is 2. The van der Waals surface area contributed by atoms with E-state index in [9.17, 15) is 29.1 Å². The zero-order valence-corrected chi connectivity index (χ0v) is 20.7. The van der Waals surface area contributed by atoms with Crippen molar-refractivity contribution in [2.24, 2.45) is 7.05 Å². The van der Waals surface area contributed by atoms with Crippen LogP contribution in [0.5, 0.6) is 0 Å². The van der Waals surface area contributed by atoms with E-state index in [0.717, 1.165) is 4.57 Å². The number of benzene rings is 2. The number of thioether (sulfide) groups is 1. The largest absolute Gasteiger partial charge is 0.477 e. The number of imidazole rings is 1. The lowest BCUT2D eigenvalue weighted by Gasteiger charge is -2.49. The highest BCUT2D eigenvalue weighted by molar-refractivity contribution is 8.00. The van der Waals surface area contributed by atoms with E-state index in [2.05, 4.69) is 10.6 Å². The number of carbonyl (C=O) groups is 4. The summed E-state index contributed by atoms with van der Waals surface area (Å²) >= 11 is 1.39. The number of β-lactam (4-membered cyclic amide) rings is 1. The van der Waals surface area contributed by atoms with Gasteiger partial charge in [0, 0.05) is 18.5 Å². The molecule has 37 heavy (non-hydrogen) atoms. The van der Waals surface area contributed by atoms with Crippen molar-refractivity contribution in [3.05, 3.63) is 75.8 Å². The maximum atomic E-state index is 13.1. The molecule has 0 saturated carbocycles. The van der Waals surface area contributed by atoms with Crippen molar-refractivity contribution in [2.45, 2.75) is 24.8 Å². The molecule has 1 aromatic heterocycles. The lowest BCUT2D eigenvalue weighted by Crippen LogP contribution is -2.70. The molecule has 2 atom stereocenters. The molecule has 12 heteroatoms. The van der Waals surface area contributed by atoms with E-state index in [1.54, 1.807) is 62.5 Å². The molecule has 2 aliphatic heterocycles. The van der Waals surface area contributed by atoms with Gasteiger partial charge in [0.25, 0.3) is 5.91 Å². The van der Waals surface area contributed by atoms with Crippen molar-refractivity contribution in [3.63, 3.8) is 0 Å². The van der Waals surface area contributed by atoms with E-state index < -0.39 is 40.9 Å². The Bertz CT molecular complexity index is 1570. The van der Waals surface area contributed by atoms with Crippen LogP contribution >= 0.6 is 11.8 Å². The van der Waals surface area contributed by atoms with Gasteiger partial charge in [-0.1, -0.05) is 30.3 Å². The number of anilines is 1. The van der Waals surface area contributed by atoms with Crippen molar-refractivity contribution in [3.8, 4) is 0 Å². The van der Waals surface area contributed by atoms with E-state index in [1.807, 2.05) is 0 Å².